The monoisotopic (exact) mass is 409 g/mol. The Hall–Kier alpha value is -2.12. The third-order valence-electron chi connectivity index (χ3n) is 5.86. The lowest BCUT2D eigenvalue weighted by Gasteiger charge is -2.32. The van der Waals surface area contributed by atoms with Gasteiger partial charge in [-0.1, -0.05) is 30.5 Å². The van der Waals surface area contributed by atoms with E-state index in [0.29, 0.717) is 10.9 Å². The summed E-state index contributed by atoms with van der Waals surface area (Å²) in [4.78, 5) is 14.0. The molecule has 1 aliphatic carbocycles. The third-order valence-corrected chi connectivity index (χ3v) is 8.40. The minimum Gasteiger partial charge on any atom is -0.481 e. The Labute approximate surface area is 176 Å². The van der Waals surface area contributed by atoms with Crippen LogP contribution in [0.1, 0.15) is 51.9 Å². The summed E-state index contributed by atoms with van der Waals surface area (Å²) in [6.45, 7) is 1.72. The van der Waals surface area contributed by atoms with Gasteiger partial charge in [-0.2, -0.15) is 0 Å². The molecule has 4 rings (SSSR count). The molecule has 3 nitrogen and oxygen atoms in total. The van der Waals surface area contributed by atoms with Gasteiger partial charge in [0.25, 0.3) is 0 Å². The molecule has 2 aliphatic rings. The molecule has 1 heterocycles. The summed E-state index contributed by atoms with van der Waals surface area (Å²) in [6, 6.07) is 12.6. The van der Waals surface area contributed by atoms with Crippen LogP contribution in [0.15, 0.2) is 41.3 Å². The van der Waals surface area contributed by atoms with Crippen LogP contribution >= 0.6 is 0 Å². The average molecular weight is 410 g/mol. The molecule has 0 radical (unpaired) electrons. The quantitative estimate of drug-likeness (QED) is 0.384. The highest BCUT2D eigenvalue weighted by Gasteiger charge is 2.34. The van der Waals surface area contributed by atoms with Crippen LogP contribution in [0, 0.1) is 11.8 Å². The van der Waals surface area contributed by atoms with E-state index >= 15 is 0 Å². The van der Waals surface area contributed by atoms with Gasteiger partial charge in [0, 0.05) is 21.7 Å². The van der Waals surface area contributed by atoms with E-state index in [1.54, 1.807) is 6.92 Å². The molecule has 152 valence electrons. The first kappa shape index (κ1) is 20.2. The van der Waals surface area contributed by atoms with E-state index in [2.05, 4.69) is 36.1 Å². The molecular formula is C25H29O3S+. The zero-order chi connectivity index (χ0) is 20.1. The minimum atomic E-state index is -0.622. The highest BCUT2D eigenvalue weighted by atomic mass is 32.2. The predicted octanol–water partition coefficient (Wildman–Crippen LogP) is 5.26. The van der Waals surface area contributed by atoms with Crippen LogP contribution in [0.5, 0.6) is 5.75 Å². The van der Waals surface area contributed by atoms with Crippen molar-refractivity contribution in [2.24, 2.45) is 0 Å². The van der Waals surface area contributed by atoms with Crippen LogP contribution in [0.25, 0.3) is 10.8 Å². The number of esters is 1. The summed E-state index contributed by atoms with van der Waals surface area (Å²) < 4.78 is 11.8. The summed E-state index contributed by atoms with van der Waals surface area (Å²) in [6.07, 6.45) is 7.57. The lowest BCUT2D eigenvalue weighted by Crippen LogP contribution is -2.37. The molecule has 1 aliphatic heterocycles. The molecular weight excluding hydrogens is 380 g/mol. The van der Waals surface area contributed by atoms with Crippen LogP contribution in [0.2, 0.25) is 0 Å². The van der Waals surface area contributed by atoms with Gasteiger partial charge in [-0.3, -0.25) is 0 Å². The van der Waals surface area contributed by atoms with Crippen LogP contribution < -0.4 is 4.74 Å². The minimum absolute atomic E-state index is 0.0812. The standard InChI is InChI=1S/C25H29O3S/c1-2-14-25(15-6-3-7-16-25)28-24(26)19-27-22-12-13-23(29-17-8-9-18-29)21-11-5-4-10-20(21)22/h4-5,10-13H,3,6-9,15-19H2,1H3/q+1. The molecule has 4 heteroatoms. The second-order valence-corrected chi connectivity index (χ2v) is 10.2. The van der Waals surface area contributed by atoms with Gasteiger partial charge in [-0.05, 0) is 63.6 Å². The van der Waals surface area contributed by atoms with Gasteiger partial charge in [0.2, 0.25) is 0 Å². The van der Waals surface area contributed by atoms with Crippen LogP contribution in [0.3, 0.4) is 0 Å². The zero-order valence-electron chi connectivity index (χ0n) is 17.2. The van der Waals surface area contributed by atoms with Gasteiger partial charge in [0.1, 0.15) is 17.3 Å². The first-order valence-corrected chi connectivity index (χ1v) is 12.2. The molecule has 2 aromatic carbocycles. The second-order valence-electron chi connectivity index (χ2n) is 7.91. The molecule has 0 N–H and O–H groups in total. The lowest BCUT2D eigenvalue weighted by molar-refractivity contribution is -0.159. The van der Waals surface area contributed by atoms with Crippen molar-refractivity contribution in [2.75, 3.05) is 18.1 Å². The fourth-order valence-corrected chi connectivity index (χ4v) is 6.98. The van der Waals surface area contributed by atoms with E-state index in [1.165, 1.54) is 41.0 Å². The normalized spacial score (nSPS) is 18.8. The zero-order valence-corrected chi connectivity index (χ0v) is 18.0. The summed E-state index contributed by atoms with van der Waals surface area (Å²) in [5, 5.41) is 2.34. The van der Waals surface area contributed by atoms with Gasteiger partial charge in [0.15, 0.2) is 17.1 Å². The van der Waals surface area contributed by atoms with Crippen molar-refractivity contribution in [2.45, 2.75) is 62.4 Å². The first-order valence-electron chi connectivity index (χ1n) is 10.7. The molecule has 0 amide bonds. The highest BCUT2D eigenvalue weighted by Crippen LogP contribution is 2.35. The Morgan fingerprint density at radius 1 is 1.00 bits per heavy atom. The number of benzene rings is 2. The molecule has 0 aromatic heterocycles. The fraction of sp³-hybridized carbons (Fsp3) is 0.480. The average Bonchev–Trinajstić information content (AvgIpc) is 3.27. The molecule has 29 heavy (non-hydrogen) atoms. The maximum absolute atomic E-state index is 12.6. The maximum Gasteiger partial charge on any atom is 0.345 e. The van der Waals surface area contributed by atoms with Gasteiger partial charge in [-0.25, -0.2) is 4.79 Å². The topological polar surface area (TPSA) is 35.5 Å². The molecule has 1 saturated heterocycles. The van der Waals surface area contributed by atoms with Gasteiger partial charge >= 0.3 is 5.97 Å². The van der Waals surface area contributed by atoms with Crippen molar-refractivity contribution >= 4 is 27.6 Å². The van der Waals surface area contributed by atoms with E-state index in [-0.39, 0.29) is 12.6 Å². The van der Waals surface area contributed by atoms with Gasteiger partial charge in [-0.15, -0.1) is 5.92 Å². The Morgan fingerprint density at radius 2 is 1.72 bits per heavy atom. The summed E-state index contributed by atoms with van der Waals surface area (Å²) in [7, 11) is 0.338. The van der Waals surface area contributed by atoms with Crippen molar-refractivity contribution in [1.82, 2.24) is 0 Å². The number of hydrogen-bond acceptors (Lipinski definition) is 3. The van der Waals surface area contributed by atoms with Crippen molar-refractivity contribution in [3.8, 4) is 17.6 Å². The van der Waals surface area contributed by atoms with Crippen LogP contribution in [0.4, 0.5) is 0 Å². The molecule has 0 bridgehead atoms. The number of hydrogen-bond donors (Lipinski definition) is 0. The number of rotatable bonds is 5. The summed E-state index contributed by atoms with van der Waals surface area (Å²) in [5.41, 5.74) is -0.622. The lowest BCUT2D eigenvalue weighted by atomic mass is 9.85. The smallest absolute Gasteiger partial charge is 0.345 e. The summed E-state index contributed by atoms with van der Waals surface area (Å²) in [5.74, 6) is 9.09. The molecule has 0 unspecified atom stereocenters. The third kappa shape index (κ3) is 4.56. The molecule has 1 saturated carbocycles. The van der Waals surface area contributed by atoms with E-state index in [9.17, 15) is 4.79 Å². The van der Waals surface area contributed by atoms with Crippen LogP contribution in [-0.4, -0.2) is 29.7 Å². The maximum atomic E-state index is 12.6. The van der Waals surface area contributed by atoms with E-state index < -0.39 is 5.60 Å². The SMILES string of the molecule is CC#CC1(OC(=O)COc2ccc([S+]3CCCC3)c3ccccc23)CCCCC1. The van der Waals surface area contributed by atoms with Crippen molar-refractivity contribution in [3.63, 3.8) is 0 Å². The first-order chi connectivity index (χ1) is 14.2. The molecule has 0 spiro atoms. The molecule has 2 fully saturated rings. The number of carbonyl (C=O) groups is 1. The second kappa shape index (κ2) is 9.13. The van der Waals surface area contributed by atoms with E-state index in [4.69, 9.17) is 9.47 Å². The Balaban J connectivity index is 1.48. The van der Waals surface area contributed by atoms with Crippen molar-refractivity contribution in [3.05, 3.63) is 36.4 Å². The number of fused-ring (bicyclic) bond motifs is 1. The highest BCUT2D eigenvalue weighted by molar-refractivity contribution is 7.97. The van der Waals surface area contributed by atoms with Crippen molar-refractivity contribution in [1.29, 1.82) is 0 Å². The van der Waals surface area contributed by atoms with E-state index in [1.807, 2.05) is 12.1 Å². The largest absolute Gasteiger partial charge is 0.481 e. The van der Waals surface area contributed by atoms with Gasteiger partial charge < -0.3 is 9.47 Å². The molecule has 0 atom stereocenters. The number of ether oxygens (including phenoxy) is 2. The van der Waals surface area contributed by atoms with Crippen molar-refractivity contribution < 1.29 is 14.3 Å². The fourth-order valence-electron chi connectivity index (χ4n) is 4.48. The van der Waals surface area contributed by atoms with Gasteiger partial charge in [0.05, 0.1) is 0 Å². The summed E-state index contributed by atoms with van der Waals surface area (Å²) >= 11 is 0. The Kier molecular flexibility index (Phi) is 6.35. The Morgan fingerprint density at radius 3 is 2.45 bits per heavy atom. The number of carbonyl (C=O) groups excluding carboxylic acids is 1. The molecule has 2 aromatic rings. The van der Waals surface area contributed by atoms with E-state index in [0.717, 1.165) is 36.8 Å². The Bertz CT molecular complexity index is 928. The van der Waals surface area contributed by atoms with Crippen LogP contribution in [-0.2, 0) is 20.4 Å². The predicted molar refractivity (Wildman–Crippen MR) is 119 cm³/mol.